The fraction of sp³-hybridized carbons (Fsp3) is 0.333. The van der Waals surface area contributed by atoms with Crippen LogP contribution in [0.15, 0.2) is 18.2 Å². The lowest BCUT2D eigenvalue weighted by atomic mass is 10.2. The molecule has 1 aromatic rings. The lowest BCUT2D eigenvalue weighted by molar-refractivity contribution is -0.384. The number of hydrogen-bond donors (Lipinski definition) is 1. The van der Waals surface area contributed by atoms with Crippen LogP contribution in [0.25, 0.3) is 0 Å². The number of nitrogens with two attached hydrogens (primary N) is 1. The van der Waals surface area contributed by atoms with E-state index in [0.717, 1.165) is 6.42 Å². The van der Waals surface area contributed by atoms with Crippen molar-refractivity contribution in [1.82, 2.24) is 0 Å². The van der Waals surface area contributed by atoms with Gasteiger partial charge in [0.1, 0.15) is 5.75 Å². The molecule has 0 radical (unpaired) electrons. The number of nitrogens with zero attached hydrogens (tertiary/aromatic N) is 1. The molecule has 0 aliphatic rings. The SMILES string of the molecule is CCCOc1cc([N+](=O)[O-])ccc1N. The molecule has 14 heavy (non-hydrogen) atoms. The molecule has 0 aliphatic carbocycles. The summed E-state index contributed by atoms with van der Waals surface area (Å²) in [5.41, 5.74) is 5.99. The standard InChI is InChI=1S/C9H12N2O3/c1-2-5-14-9-6-7(11(12)13)3-4-8(9)10/h3-4,6H,2,5,10H2,1H3. The Morgan fingerprint density at radius 3 is 2.86 bits per heavy atom. The molecule has 76 valence electrons. The van der Waals surface area contributed by atoms with E-state index in [1.807, 2.05) is 6.92 Å². The van der Waals surface area contributed by atoms with Crippen LogP contribution in [0, 0.1) is 10.1 Å². The number of non-ortho nitro benzene ring substituents is 1. The summed E-state index contributed by atoms with van der Waals surface area (Å²) in [4.78, 5) is 9.97. The van der Waals surface area contributed by atoms with Gasteiger partial charge in [-0.2, -0.15) is 0 Å². The van der Waals surface area contributed by atoms with E-state index in [9.17, 15) is 10.1 Å². The Balaban J connectivity index is 2.90. The molecule has 0 aliphatic heterocycles. The van der Waals surface area contributed by atoms with Gasteiger partial charge in [-0.15, -0.1) is 0 Å². The van der Waals surface area contributed by atoms with Crippen molar-refractivity contribution in [2.75, 3.05) is 12.3 Å². The Morgan fingerprint density at radius 2 is 2.29 bits per heavy atom. The average molecular weight is 196 g/mol. The van der Waals surface area contributed by atoms with Gasteiger partial charge < -0.3 is 10.5 Å². The number of nitro groups is 1. The average Bonchev–Trinajstić information content (AvgIpc) is 2.16. The smallest absolute Gasteiger partial charge is 0.273 e. The van der Waals surface area contributed by atoms with Gasteiger partial charge in [0.05, 0.1) is 23.3 Å². The first kappa shape index (κ1) is 10.3. The molecule has 5 nitrogen and oxygen atoms in total. The van der Waals surface area contributed by atoms with E-state index < -0.39 is 4.92 Å². The molecule has 0 atom stereocenters. The van der Waals surface area contributed by atoms with Crippen molar-refractivity contribution in [2.45, 2.75) is 13.3 Å². The minimum absolute atomic E-state index is 0.00898. The van der Waals surface area contributed by atoms with Gasteiger partial charge in [-0.05, 0) is 12.5 Å². The maximum atomic E-state index is 10.4. The second-order valence-electron chi connectivity index (χ2n) is 2.83. The predicted octanol–water partition coefficient (Wildman–Crippen LogP) is 1.97. The van der Waals surface area contributed by atoms with E-state index in [-0.39, 0.29) is 5.69 Å². The molecule has 0 saturated carbocycles. The minimum Gasteiger partial charge on any atom is -0.491 e. The summed E-state index contributed by atoms with van der Waals surface area (Å²) in [6, 6.07) is 4.17. The maximum absolute atomic E-state index is 10.4. The minimum atomic E-state index is -0.474. The topological polar surface area (TPSA) is 78.4 Å². The highest BCUT2D eigenvalue weighted by atomic mass is 16.6. The van der Waals surface area contributed by atoms with Crippen molar-refractivity contribution >= 4 is 11.4 Å². The lowest BCUT2D eigenvalue weighted by Crippen LogP contribution is -2.00. The largest absolute Gasteiger partial charge is 0.491 e. The Hall–Kier alpha value is -1.78. The molecular weight excluding hydrogens is 184 g/mol. The van der Waals surface area contributed by atoms with Gasteiger partial charge in [-0.25, -0.2) is 0 Å². The molecule has 0 fully saturated rings. The summed E-state index contributed by atoms with van der Waals surface area (Å²) in [5.74, 6) is 0.376. The van der Waals surface area contributed by atoms with Gasteiger partial charge in [0, 0.05) is 6.07 Å². The van der Waals surface area contributed by atoms with Crippen LogP contribution in [-0.4, -0.2) is 11.5 Å². The van der Waals surface area contributed by atoms with Crippen molar-refractivity contribution < 1.29 is 9.66 Å². The molecule has 1 aromatic carbocycles. The summed E-state index contributed by atoms with van der Waals surface area (Å²) in [7, 11) is 0. The molecule has 0 saturated heterocycles. The third-order valence-corrected chi connectivity index (χ3v) is 1.67. The van der Waals surface area contributed by atoms with Crippen LogP contribution in [0.3, 0.4) is 0 Å². The van der Waals surface area contributed by atoms with Crippen molar-refractivity contribution in [2.24, 2.45) is 0 Å². The molecule has 0 heterocycles. The lowest BCUT2D eigenvalue weighted by Gasteiger charge is -2.06. The van der Waals surface area contributed by atoms with Crippen LogP contribution in [0.1, 0.15) is 13.3 Å². The first-order valence-electron chi connectivity index (χ1n) is 4.32. The Morgan fingerprint density at radius 1 is 1.57 bits per heavy atom. The fourth-order valence-corrected chi connectivity index (χ4v) is 0.974. The van der Waals surface area contributed by atoms with Gasteiger partial charge >= 0.3 is 0 Å². The van der Waals surface area contributed by atoms with Gasteiger partial charge in [-0.1, -0.05) is 6.92 Å². The third kappa shape index (κ3) is 2.35. The van der Waals surface area contributed by atoms with Crippen molar-refractivity contribution in [1.29, 1.82) is 0 Å². The molecule has 1 rings (SSSR count). The van der Waals surface area contributed by atoms with E-state index in [1.165, 1.54) is 18.2 Å². The van der Waals surface area contributed by atoms with E-state index in [0.29, 0.717) is 18.0 Å². The van der Waals surface area contributed by atoms with Crippen molar-refractivity contribution in [3.8, 4) is 5.75 Å². The van der Waals surface area contributed by atoms with Crippen molar-refractivity contribution in [3.05, 3.63) is 28.3 Å². The van der Waals surface area contributed by atoms with E-state index in [2.05, 4.69) is 0 Å². The number of ether oxygens (including phenoxy) is 1. The molecule has 0 spiro atoms. The van der Waals surface area contributed by atoms with Crippen LogP contribution in [-0.2, 0) is 0 Å². The van der Waals surface area contributed by atoms with Gasteiger partial charge in [-0.3, -0.25) is 10.1 Å². The quantitative estimate of drug-likeness (QED) is 0.453. The highest BCUT2D eigenvalue weighted by Crippen LogP contribution is 2.26. The van der Waals surface area contributed by atoms with Gasteiger partial charge in [0.25, 0.3) is 5.69 Å². The predicted molar refractivity (Wildman–Crippen MR) is 53.3 cm³/mol. The molecule has 2 N–H and O–H groups in total. The van der Waals surface area contributed by atoms with Crippen LogP contribution < -0.4 is 10.5 Å². The Bertz CT molecular complexity index is 339. The molecular formula is C9H12N2O3. The summed E-state index contributed by atoms with van der Waals surface area (Å²) in [6.07, 6.45) is 0.835. The first-order chi connectivity index (χ1) is 6.65. The third-order valence-electron chi connectivity index (χ3n) is 1.67. The zero-order valence-electron chi connectivity index (χ0n) is 7.90. The number of benzene rings is 1. The first-order valence-corrected chi connectivity index (χ1v) is 4.32. The van der Waals surface area contributed by atoms with Gasteiger partial charge in [0.15, 0.2) is 0 Å². The molecule has 5 heteroatoms. The zero-order chi connectivity index (χ0) is 10.6. The number of hydrogen-bond acceptors (Lipinski definition) is 4. The Labute approximate surface area is 81.6 Å². The Kier molecular flexibility index (Phi) is 3.28. The van der Waals surface area contributed by atoms with Crippen molar-refractivity contribution in [3.63, 3.8) is 0 Å². The van der Waals surface area contributed by atoms with Crippen LogP contribution in [0.5, 0.6) is 5.75 Å². The van der Waals surface area contributed by atoms with E-state index >= 15 is 0 Å². The number of nitro benzene ring substituents is 1. The summed E-state index contributed by atoms with van der Waals surface area (Å²) in [5, 5.41) is 10.4. The van der Waals surface area contributed by atoms with E-state index in [1.54, 1.807) is 0 Å². The highest BCUT2D eigenvalue weighted by molar-refractivity contribution is 5.57. The second-order valence-corrected chi connectivity index (χ2v) is 2.83. The fourth-order valence-electron chi connectivity index (χ4n) is 0.974. The van der Waals surface area contributed by atoms with Crippen LogP contribution in [0.2, 0.25) is 0 Å². The van der Waals surface area contributed by atoms with Crippen LogP contribution in [0.4, 0.5) is 11.4 Å². The molecule has 0 unspecified atom stereocenters. The number of nitrogen functional groups attached to an aromatic ring is 1. The number of rotatable bonds is 4. The summed E-state index contributed by atoms with van der Waals surface area (Å²) in [6.45, 7) is 2.46. The molecule has 0 bridgehead atoms. The molecule has 0 aromatic heterocycles. The summed E-state index contributed by atoms with van der Waals surface area (Å²) < 4.78 is 5.25. The summed E-state index contributed by atoms with van der Waals surface area (Å²) >= 11 is 0. The molecule has 0 amide bonds. The van der Waals surface area contributed by atoms with E-state index in [4.69, 9.17) is 10.5 Å². The normalized spacial score (nSPS) is 9.79. The van der Waals surface area contributed by atoms with Crippen LogP contribution >= 0.6 is 0 Å². The number of anilines is 1. The van der Waals surface area contributed by atoms with Gasteiger partial charge in [0.2, 0.25) is 0 Å². The maximum Gasteiger partial charge on any atom is 0.273 e. The highest BCUT2D eigenvalue weighted by Gasteiger charge is 2.09. The second kappa shape index (κ2) is 4.45. The monoisotopic (exact) mass is 196 g/mol. The zero-order valence-corrected chi connectivity index (χ0v) is 7.90.